The number of anilines is 1. The second-order valence-corrected chi connectivity index (χ2v) is 5.02. The van der Waals surface area contributed by atoms with E-state index >= 15 is 0 Å². The van der Waals surface area contributed by atoms with Gasteiger partial charge >= 0.3 is 0 Å². The molecule has 1 unspecified atom stereocenters. The van der Waals surface area contributed by atoms with Crippen molar-refractivity contribution in [1.29, 1.82) is 0 Å². The standard InChI is InChI=1S/C14H19FN4/c1-2-16-9-11-4-3-7-19(11)14-17-12-6-5-10(15)8-13(12)18-14/h5-6,8,11,16H,2-4,7,9H2,1H3,(H,17,18). The van der Waals surface area contributed by atoms with Gasteiger partial charge in [-0.25, -0.2) is 9.37 Å². The first-order valence-electron chi connectivity index (χ1n) is 6.90. The van der Waals surface area contributed by atoms with Crippen LogP contribution in [0.3, 0.4) is 0 Å². The molecule has 0 amide bonds. The molecule has 2 heterocycles. The number of aromatic nitrogens is 2. The summed E-state index contributed by atoms with van der Waals surface area (Å²) in [5, 5.41) is 3.39. The van der Waals surface area contributed by atoms with Gasteiger partial charge in [-0.1, -0.05) is 6.92 Å². The van der Waals surface area contributed by atoms with Gasteiger partial charge < -0.3 is 15.2 Å². The number of benzene rings is 1. The molecule has 19 heavy (non-hydrogen) atoms. The fourth-order valence-electron chi connectivity index (χ4n) is 2.74. The molecule has 5 heteroatoms. The molecule has 1 saturated heterocycles. The molecule has 1 atom stereocenters. The van der Waals surface area contributed by atoms with E-state index in [0.29, 0.717) is 6.04 Å². The van der Waals surface area contributed by atoms with Gasteiger partial charge in [-0.15, -0.1) is 0 Å². The average molecular weight is 262 g/mol. The monoisotopic (exact) mass is 262 g/mol. The molecule has 2 N–H and O–H groups in total. The molecule has 102 valence electrons. The summed E-state index contributed by atoms with van der Waals surface area (Å²) in [6.07, 6.45) is 2.36. The van der Waals surface area contributed by atoms with Gasteiger partial charge in [-0.3, -0.25) is 0 Å². The Bertz CT molecular complexity index is 566. The molecule has 0 radical (unpaired) electrons. The lowest BCUT2D eigenvalue weighted by Gasteiger charge is -2.24. The van der Waals surface area contributed by atoms with Crippen LogP contribution in [0.5, 0.6) is 0 Å². The van der Waals surface area contributed by atoms with E-state index in [1.54, 1.807) is 6.07 Å². The number of rotatable bonds is 4. The number of nitrogens with one attached hydrogen (secondary N) is 2. The number of aromatic amines is 1. The van der Waals surface area contributed by atoms with E-state index in [1.165, 1.54) is 25.0 Å². The number of fused-ring (bicyclic) bond motifs is 1. The van der Waals surface area contributed by atoms with Gasteiger partial charge in [0, 0.05) is 19.1 Å². The Kier molecular flexibility index (Phi) is 3.38. The Morgan fingerprint density at radius 3 is 3.26 bits per heavy atom. The normalized spacial score (nSPS) is 19.5. The lowest BCUT2D eigenvalue weighted by atomic mass is 10.2. The van der Waals surface area contributed by atoms with Crippen molar-refractivity contribution in [1.82, 2.24) is 15.3 Å². The predicted molar refractivity (Wildman–Crippen MR) is 75.0 cm³/mol. The number of hydrogen-bond acceptors (Lipinski definition) is 3. The van der Waals surface area contributed by atoms with E-state index in [-0.39, 0.29) is 5.82 Å². The van der Waals surface area contributed by atoms with Gasteiger partial charge in [0.1, 0.15) is 5.82 Å². The first-order valence-corrected chi connectivity index (χ1v) is 6.90. The Morgan fingerprint density at radius 2 is 2.42 bits per heavy atom. The van der Waals surface area contributed by atoms with Crippen molar-refractivity contribution in [3.05, 3.63) is 24.0 Å². The number of nitrogens with zero attached hydrogens (tertiary/aromatic N) is 2. The zero-order valence-corrected chi connectivity index (χ0v) is 11.1. The van der Waals surface area contributed by atoms with Crippen molar-refractivity contribution in [2.24, 2.45) is 0 Å². The van der Waals surface area contributed by atoms with Crippen molar-refractivity contribution in [2.75, 3.05) is 24.5 Å². The SMILES string of the molecule is CCNCC1CCCN1c1nc2ccc(F)cc2[nH]1. The summed E-state index contributed by atoms with van der Waals surface area (Å²) in [6.45, 7) is 5.08. The Hall–Kier alpha value is -1.62. The summed E-state index contributed by atoms with van der Waals surface area (Å²) < 4.78 is 13.2. The van der Waals surface area contributed by atoms with Crippen LogP contribution in [0.4, 0.5) is 10.3 Å². The third-order valence-corrected chi connectivity index (χ3v) is 3.71. The Balaban J connectivity index is 1.86. The molecule has 0 aliphatic carbocycles. The van der Waals surface area contributed by atoms with E-state index in [9.17, 15) is 4.39 Å². The molecule has 0 saturated carbocycles. The van der Waals surface area contributed by atoms with Crippen LogP contribution >= 0.6 is 0 Å². The second kappa shape index (κ2) is 5.17. The maximum absolute atomic E-state index is 13.2. The highest BCUT2D eigenvalue weighted by molar-refractivity contribution is 5.77. The van der Waals surface area contributed by atoms with Crippen molar-refractivity contribution >= 4 is 17.0 Å². The Morgan fingerprint density at radius 1 is 1.53 bits per heavy atom. The highest BCUT2D eigenvalue weighted by Crippen LogP contribution is 2.25. The quantitative estimate of drug-likeness (QED) is 0.888. The molecule has 1 aromatic carbocycles. The van der Waals surface area contributed by atoms with E-state index in [4.69, 9.17) is 0 Å². The maximum Gasteiger partial charge on any atom is 0.204 e. The van der Waals surface area contributed by atoms with E-state index in [2.05, 4.69) is 27.1 Å². The third kappa shape index (κ3) is 2.42. The average Bonchev–Trinajstić information content (AvgIpc) is 3.01. The number of likely N-dealkylation sites (N-methyl/N-ethyl adjacent to an activating group) is 1. The van der Waals surface area contributed by atoms with Crippen molar-refractivity contribution in [2.45, 2.75) is 25.8 Å². The van der Waals surface area contributed by atoms with Crippen molar-refractivity contribution < 1.29 is 4.39 Å². The second-order valence-electron chi connectivity index (χ2n) is 5.02. The van der Waals surface area contributed by atoms with Crippen LogP contribution in [-0.2, 0) is 0 Å². The maximum atomic E-state index is 13.2. The number of hydrogen-bond donors (Lipinski definition) is 2. The smallest absolute Gasteiger partial charge is 0.204 e. The number of imidazole rings is 1. The van der Waals surface area contributed by atoms with Gasteiger partial charge in [-0.2, -0.15) is 0 Å². The number of halogens is 1. The van der Waals surface area contributed by atoms with Crippen LogP contribution < -0.4 is 10.2 Å². The van der Waals surface area contributed by atoms with Gasteiger partial charge in [0.05, 0.1) is 11.0 Å². The third-order valence-electron chi connectivity index (χ3n) is 3.71. The molecular weight excluding hydrogens is 243 g/mol. The summed E-state index contributed by atoms with van der Waals surface area (Å²) in [5.41, 5.74) is 1.59. The van der Waals surface area contributed by atoms with Gasteiger partial charge in [0.2, 0.25) is 5.95 Å². The Labute approximate surface area is 112 Å². The van der Waals surface area contributed by atoms with Crippen LogP contribution in [0, 0.1) is 5.82 Å². The van der Waals surface area contributed by atoms with E-state index in [1.807, 2.05) is 0 Å². The molecule has 1 aromatic heterocycles. The minimum atomic E-state index is -0.228. The molecule has 2 aromatic rings. The van der Waals surface area contributed by atoms with Crippen LogP contribution in [0.1, 0.15) is 19.8 Å². The summed E-state index contributed by atoms with van der Waals surface area (Å²) in [7, 11) is 0. The number of H-pyrrole nitrogens is 1. The van der Waals surface area contributed by atoms with E-state index in [0.717, 1.165) is 36.6 Å². The largest absolute Gasteiger partial charge is 0.338 e. The summed E-state index contributed by atoms with van der Waals surface area (Å²) in [5.74, 6) is 0.634. The zero-order chi connectivity index (χ0) is 13.2. The molecule has 3 rings (SSSR count). The fraction of sp³-hybridized carbons (Fsp3) is 0.500. The van der Waals surface area contributed by atoms with Crippen molar-refractivity contribution in [3.8, 4) is 0 Å². The topological polar surface area (TPSA) is 44.0 Å². The first kappa shape index (κ1) is 12.4. The molecule has 0 bridgehead atoms. The van der Waals surface area contributed by atoms with Crippen LogP contribution in [-0.4, -0.2) is 35.6 Å². The first-order chi connectivity index (χ1) is 9.28. The fourth-order valence-corrected chi connectivity index (χ4v) is 2.74. The van der Waals surface area contributed by atoms with Gasteiger partial charge in [0.25, 0.3) is 0 Å². The van der Waals surface area contributed by atoms with Gasteiger partial charge in [-0.05, 0) is 37.6 Å². The zero-order valence-electron chi connectivity index (χ0n) is 11.1. The lowest BCUT2D eigenvalue weighted by molar-refractivity contribution is 0.582. The minimum Gasteiger partial charge on any atom is -0.338 e. The molecule has 0 spiro atoms. The molecule has 1 fully saturated rings. The summed E-state index contributed by atoms with van der Waals surface area (Å²) in [4.78, 5) is 10.1. The van der Waals surface area contributed by atoms with Crippen molar-refractivity contribution in [3.63, 3.8) is 0 Å². The summed E-state index contributed by atoms with van der Waals surface area (Å²) >= 11 is 0. The molecule has 1 aliphatic rings. The van der Waals surface area contributed by atoms with Crippen LogP contribution in [0.2, 0.25) is 0 Å². The van der Waals surface area contributed by atoms with Crippen LogP contribution in [0.25, 0.3) is 11.0 Å². The van der Waals surface area contributed by atoms with Gasteiger partial charge in [0.15, 0.2) is 0 Å². The highest BCUT2D eigenvalue weighted by Gasteiger charge is 2.26. The van der Waals surface area contributed by atoms with E-state index < -0.39 is 0 Å². The summed E-state index contributed by atoms with van der Waals surface area (Å²) in [6, 6.07) is 5.15. The highest BCUT2D eigenvalue weighted by atomic mass is 19.1. The minimum absolute atomic E-state index is 0.228. The molecule has 1 aliphatic heterocycles. The van der Waals surface area contributed by atoms with Crippen LogP contribution in [0.15, 0.2) is 18.2 Å². The lowest BCUT2D eigenvalue weighted by Crippen LogP contribution is -2.38. The molecule has 4 nitrogen and oxygen atoms in total. The predicted octanol–water partition coefficient (Wildman–Crippen LogP) is 2.28. The molecular formula is C14H19FN4.